The minimum Gasteiger partial charge on any atom is -0.489 e. The zero-order chi connectivity index (χ0) is 11.1. The van der Waals surface area contributed by atoms with E-state index in [0.29, 0.717) is 6.61 Å². The van der Waals surface area contributed by atoms with Gasteiger partial charge in [0.2, 0.25) is 0 Å². The van der Waals surface area contributed by atoms with Crippen LogP contribution in [0.2, 0.25) is 0 Å². The van der Waals surface area contributed by atoms with E-state index >= 15 is 0 Å². The predicted molar refractivity (Wildman–Crippen MR) is 67.4 cm³/mol. The van der Waals surface area contributed by atoms with Crippen molar-refractivity contribution in [1.29, 1.82) is 0 Å². The molecule has 82 valence electrons. The summed E-state index contributed by atoms with van der Waals surface area (Å²) in [6.07, 6.45) is 1.75. The molecular formula is C11H13BrClNO. The Kier molecular flexibility index (Phi) is 5.76. The van der Waals surface area contributed by atoms with Crippen molar-refractivity contribution < 1.29 is 4.74 Å². The molecule has 0 saturated heterocycles. The van der Waals surface area contributed by atoms with Gasteiger partial charge in [-0.3, -0.25) is 0 Å². The van der Waals surface area contributed by atoms with Crippen LogP contribution >= 0.6 is 27.5 Å². The van der Waals surface area contributed by atoms with Crippen LogP contribution in [-0.4, -0.2) is 13.7 Å². The standard InChI is InChI=1S/C11H13BrClNO/c1-14-8-9-7-10(3-4-11(9)12)15-6-2-5-13/h2-5,7,14H,6,8H2,1H3/b5-2+. The zero-order valence-electron chi connectivity index (χ0n) is 8.47. The summed E-state index contributed by atoms with van der Waals surface area (Å²) < 4.78 is 6.55. The molecule has 1 aromatic rings. The normalized spacial score (nSPS) is 10.9. The van der Waals surface area contributed by atoms with Gasteiger partial charge in [-0.05, 0) is 36.9 Å². The molecule has 0 aromatic heterocycles. The van der Waals surface area contributed by atoms with Crippen molar-refractivity contribution >= 4 is 27.5 Å². The number of benzene rings is 1. The van der Waals surface area contributed by atoms with Crippen LogP contribution in [-0.2, 0) is 6.54 Å². The molecule has 0 fully saturated rings. The van der Waals surface area contributed by atoms with E-state index in [1.54, 1.807) is 6.08 Å². The number of nitrogens with one attached hydrogen (secondary N) is 1. The van der Waals surface area contributed by atoms with Crippen molar-refractivity contribution in [3.8, 4) is 5.75 Å². The highest BCUT2D eigenvalue weighted by Crippen LogP contribution is 2.22. The molecule has 1 aromatic carbocycles. The lowest BCUT2D eigenvalue weighted by molar-refractivity contribution is 0.362. The van der Waals surface area contributed by atoms with Crippen molar-refractivity contribution in [1.82, 2.24) is 5.32 Å². The molecule has 0 radical (unpaired) electrons. The molecule has 2 nitrogen and oxygen atoms in total. The molecule has 4 heteroatoms. The Labute approximate surface area is 103 Å². The van der Waals surface area contributed by atoms with Gasteiger partial charge in [0, 0.05) is 16.6 Å². The van der Waals surface area contributed by atoms with Crippen LogP contribution in [0.3, 0.4) is 0 Å². The highest BCUT2D eigenvalue weighted by molar-refractivity contribution is 9.10. The summed E-state index contributed by atoms with van der Waals surface area (Å²) in [7, 11) is 1.91. The van der Waals surface area contributed by atoms with Gasteiger partial charge in [0.25, 0.3) is 0 Å². The fourth-order valence-corrected chi connectivity index (χ4v) is 1.61. The smallest absolute Gasteiger partial charge is 0.120 e. The third kappa shape index (κ3) is 4.24. The maximum atomic E-state index is 5.47. The lowest BCUT2D eigenvalue weighted by Gasteiger charge is -2.07. The van der Waals surface area contributed by atoms with Crippen molar-refractivity contribution in [2.75, 3.05) is 13.7 Å². The van der Waals surface area contributed by atoms with Gasteiger partial charge in [-0.25, -0.2) is 0 Å². The maximum Gasteiger partial charge on any atom is 0.120 e. The first-order valence-corrected chi connectivity index (χ1v) is 5.82. The molecule has 15 heavy (non-hydrogen) atoms. The SMILES string of the molecule is CNCc1cc(OC/C=C/Cl)ccc1Br. The number of rotatable bonds is 5. The summed E-state index contributed by atoms with van der Waals surface area (Å²) in [5.74, 6) is 0.846. The van der Waals surface area contributed by atoms with E-state index in [1.165, 1.54) is 11.1 Å². The molecule has 0 unspecified atom stereocenters. The van der Waals surface area contributed by atoms with E-state index in [2.05, 4.69) is 21.2 Å². The Morgan fingerprint density at radius 1 is 1.53 bits per heavy atom. The third-order valence-electron chi connectivity index (χ3n) is 1.82. The third-order valence-corrected chi connectivity index (χ3v) is 2.77. The first-order chi connectivity index (χ1) is 7.27. The molecule has 0 bridgehead atoms. The average molecular weight is 291 g/mol. The van der Waals surface area contributed by atoms with Crippen molar-refractivity contribution in [2.45, 2.75) is 6.54 Å². The first kappa shape index (κ1) is 12.6. The number of ether oxygens (including phenoxy) is 1. The van der Waals surface area contributed by atoms with Crippen molar-refractivity contribution in [2.24, 2.45) is 0 Å². The first-order valence-electron chi connectivity index (χ1n) is 4.59. The number of hydrogen-bond donors (Lipinski definition) is 1. The second-order valence-electron chi connectivity index (χ2n) is 2.96. The minimum absolute atomic E-state index is 0.490. The van der Waals surface area contributed by atoms with E-state index in [9.17, 15) is 0 Å². The monoisotopic (exact) mass is 289 g/mol. The molecule has 0 aliphatic heterocycles. The Morgan fingerprint density at radius 2 is 2.33 bits per heavy atom. The molecular weight excluding hydrogens is 277 g/mol. The van der Waals surface area contributed by atoms with Crippen LogP contribution in [0, 0.1) is 0 Å². The minimum atomic E-state index is 0.490. The summed E-state index contributed by atoms with van der Waals surface area (Å²) in [4.78, 5) is 0. The van der Waals surface area contributed by atoms with Crippen LogP contribution in [0.15, 0.2) is 34.3 Å². The number of hydrogen-bond acceptors (Lipinski definition) is 2. The molecule has 0 saturated carbocycles. The molecule has 1 N–H and O–H groups in total. The summed E-state index contributed by atoms with van der Waals surface area (Å²) in [6.45, 7) is 1.30. The fourth-order valence-electron chi connectivity index (χ4n) is 1.15. The fraction of sp³-hybridized carbons (Fsp3) is 0.273. The maximum absolute atomic E-state index is 5.47. The topological polar surface area (TPSA) is 21.3 Å². The largest absolute Gasteiger partial charge is 0.489 e. The van der Waals surface area contributed by atoms with Crippen LogP contribution in [0.4, 0.5) is 0 Å². The summed E-state index contributed by atoms with van der Waals surface area (Å²) in [5.41, 5.74) is 2.62. The Bertz CT molecular complexity index is 341. The van der Waals surface area contributed by atoms with Crippen LogP contribution in [0.5, 0.6) is 5.75 Å². The molecule has 0 amide bonds. The van der Waals surface area contributed by atoms with Crippen molar-refractivity contribution in [3.05, 3.63) is 39.8 Å². The van der Waals surface area contributed by atoms with Gasteiger partial charge in [0.05, 0.1) is 0 Å². The van der Waals surface area contributed by atoms with Gasteiger partial charge in [-0.1, -0.05) is 27.5 Å². The Morgan fingerprint density at radius 3 is 3.00 bits per heavy atom. The number of halogens is 2. The van der Waals surface area contributed by atoms with Gasteiger partial charge in [0.1, 0.15) is 12.4 Å². The van der Waals surface area contributed by atoms with Gasteiger partial charge < -0.3 is 10.1 Å². The van der Waals surface area contributed by atoms with Gasteiger partial charge in [0.15, 0.2) is 0 Å². The zero-order valence-corrected chi connectivity index (χ0v) is 10.8. The summed E-state index contributed by atoms with van der Waals surface area (Å²) in [6, 6.07) is 5.90. The Hall–Kier alpha value is -0.510. The van der Waals surface area contributed by atoms with E-state index in [4.69, 9.17) is 16.3 Å². The van der Waals surface area contributed by atoms with Gasteiger partial charge in [-0.2, -0.15) is 0 Å². The lowest BCUT2D eigenvalue weighted by Crippen LogP contribution is -2.06. The molecule has 1 rings (SSSR count). The van der Waals surface area contributed by atoms with Crippen LogP contribution in [0.25, 0.3) is 0 Å². The van der Waals surface area contributed by atoms with Crippen LogP contribution < -0.4 is 10.1 Å². The van der Waals surface area contributed by atoms with E-state index < -0.39 is 0 Å². The molecule has 0 atom stereocenters. The second kappa shape index (κ2) is 6.88. The Balaban J connectivity index is 2.69. The lowest BCUT2D eigenvalue weighted by atomic mass is 10.2. The summed E-state index contributed by atoms with van der Waals surface area (Å²) in [5, 5.41) is 3.10. The van der Waals surface area contributed by atoms with Crippen LogP contribution in [0.1, 0.15) is 5.56 Å². The molecule has 0 aliphatic rings. The molecule has 0 spiro atoms. The van der Waals surface area contributed by atoms with E-state index in [-0.39, 0.29) is 0 Å². The van der Waals surface area contributed by atoms with E-state index in [1.807, 2.05) is 25.2 Å². The van der Waals surface area contributed by atoms with Crippen molar-refractivity contribution in [3.63, 3.8) is 0 Å². The van der Waals surface area contributed by atoms with E-state index in [0.717, 1.165) is 16.8 Å². The van der Waals surface area contributed by atoms with Gasteiger partial charge >= 0.3 is 0 Å². The quantitative estimate of drug-likeness (QED) is 0.898. The highest BCUT2D eigenvalue weighted by atomic mass is 79.9. The summed E-state index contributed by atoms with van der Waals surface area (Å²) >= 11 is 8.88. The molecule has 0 heterocycles. The average Bonchev–Trinajstić information content (AvgIpc) is 2.23. The van der Waals surface area contributed by atoms with Gasteiger partial charge in [-0.15, -0.1) is 0 Å². The highest BCUT2D eigenvalue weighted by Gasteiger charge is 2.00. The molecule has 0 aliphatic carbocycles. The second-order valence-corrected chi connectivity index (χ2v) is 4.06. The predicted octanol–water partition coefficient (Wildman–Crippen LogP) is 3.30.